The number of piperazine rings is 1. The predicted octanol–water partition coefficient (Wildman–Crippen LogP) is 2.55. The SMILES string of the molecule is CCNc1nnc(SCC(=O)N2CCN(c3ccc(F)cc3)CC2)s1. The summed E-state index contributed by atoms with van der Waals surface area (Å²) in [5.41, 5.74) is 0.993. The number of carbonyl (C=O) groups is 1. The van der Waals surface area contributed by atoms with Gasteiger partial charge >= 0.3 is 0 Å². The maximum Gasteiger partial charge on any atom is 0.233 e. The average molecular weight is 382 g/mol. The second kappa shape index (κ2) is 8.48. The van der Waals surface area contributed by atoms with Gasteiger partial charge in [-0.2, -0.15) is 0 Å². The van der Waals surface area contributed by atoms with Crippen LogP contribution in [0.2, 0.25) is 0 Å². The van der Waals surface area contributed by atoms with Crippen LogP contribution in [0, 0.1) is 5.82 Å². The van der Waals surface area contributed by atoms with Crippen molar-refractivity contribution < 1.29 is 9.18 Å². The summed E-state index contributed by atoms with van der Waals surface area (Å²) in [6.45, 7) is 5.67. The summed E-state index contributed by atoms with van der Waals surface area (Å²) in [5, 5.41) is 12.0. The number of thioether (sulfide) groups is 1. The van der Waals surface area contributed by atoms with Crippen LogP contribution in [0.25, 0.3) is 0 Å². The Balaban J connectivity index is 1.45. The maximum atomic E-state index is 13.0. The van der Waals surface area contributed by atoms with Gasteiger partial charge in [0.1, 0.15) is 5.82 Å². The van der Waals surface area contributed by atoms with Crippen molar-refractivity contribution >= 4 is 39.8 Å². The third kappa shape index (κ3) is 4.82. The number of benzene rings is 1. The summed E-state index contributed by atoms with van der Waals surface area (Å²) in [6, 6.07) is 6.49. The minimum atomic E-state index is -0.233. The fourth-order valence-corrected chi connectivity index (χ4v) is 4.29. The molecule has 0 spiro atoms. The van der Waals surface area contributed by atoms with Gasteiger partial charge in [-0.1, -0.05) is 23.1 Å². The monoisotopic (exact) mass is 381 g/mol. The predicted molar refractivity (Wildman–Crippen MR) is 100.0 cm³/mol. The molecule has 134 valence electrons. The molecule has 2 aromatic rings. The topological polar surface area (TPSA) is 61.4 Å². The molecule has 6 nitrogen and oxygen atoms in total. The molecule has 1 aliphatic heterocycles. The Bertz CT molecular complexity index is 701. The van der Waals surface area contributed by atoms with Crippen molar-refractivity contribution in [2.45, 2.75) is 11.3 Å². The molecule has 0 aliphatic carbocycles. The molecule has 1 amide bonds. The molecule has 1 fully saturated rings. The summed E-state index contributed by atoms with van der Waals surface area (Å²) in [5.74, 6) is 0.254. The molecule has 3 rings (SSSR count). The van der Waals surface area contributed by atoms with Crippen LogP contribution in [0.5, 0.6) is 0 Å². The van der Waals surface area contributed by atoms with Crippen molar-refractivity contribution in [1.82, 2.24) is 15.1 Å². The molecule has 0 unspecified atom stereocenters. The zero-order chi connectivity index (χ0) is 17.6. The van der Waals surface area contributed by atoms with Crippen molar-refractivity contribution in [1.29, 1.82) is 0 Å². The van der Waals surface area contributed by atoms with Gasteiger partial charge in [-0.25, -0.2) is 4.39 Å². The molecule has 1 aromatic carbocycles. The Hall–Kier alpha value is -1.87. The van der Waals surface area contributed by atoms with E-state index in [1.54, 1.807) is 12.1 Å². The minimum Gasteiger partial charge on any atom is -0.368 e. The first-order chi connectivity index (χ1) is 12.2. The largest absolute Gasteiger partial charge is 0.368 e. The van der Waals surface area contributed by atoms with Crippen LogP contribution < -0.4 is 10.2 Å². The van der Waals surface area contributed by atoms with Gasteiger partial charge in [-0.05, 0) is 31.2 Å². The molecule has 25 heavy (non-hydrogen) atoms. The first-order valence-corrected chi connectivity index (χ1v) is 9.94. The summed E-state index contributed by atoms with van der Waals surface area (Å²) in [7, 11) is 0. The van der Waals surface area contributed by atoms with E-state index in [4.69, 9.17) is 0 Å². The van der Waals surface area contributed by atoms with Crippen molar-refractivity contribution in [3.63, 3.8) is 0 Å². The van der Waals surface area contributed by atoms with Crippen LogP contribution in [-0.4, -0.2) is 59.5 Å². The molecule has 1 aliphatic rings. The number of amides is 1. The lowest BCUT2D eigenvalue weighted by Crippen LogP contribution is -2.49. The van der Waals surface area contributed by atoms with Crippen LogP contribution in [0.3, 0.4) is 0 Å². The third-order valence-corrected chi connectivity index (χ3v) is 5.88. The molecule has 0 radical (unpaired) electrons. The quantitative estimate of drug-likeness (QED) is 0.776. The molecule has 0 atom stereocenters. The number of nitrogens with one attached hydrogen (secondary N) is 1. The van der Waals surface area contributed by atoms with E-state index in [9.17, 15) is 9.18 Å². The molecular formula is C16H20FN5OS2. The second-order valence-electron chi connectivity index (χ2n) is 5.54. The van der Waals surface area contributed by atoms with Gasteiger partial charge in [0.25, 0.3) is 0 Å². The van der Waals surface area contributed by atoms with Crippen LogP contribution >= 0.6 is 23.1 Å². The molecular weight excluding hydrogens is 361 g/mol. The first-order valence-electron chi connectivity index (χ1n) is 8.14. The third-order valence-electron chi connectivity index (χ3n) is 3.88. The van der Waals surface area contributed by atoms with Gasteiger partial charge in [-0.3, -0.25) is 4.79 Å². The lowest BCUT2D eigenvalue weighted by atomic mass is 10.2. The number of halogens is 1. The van der Waals surface area contributed by atoms with E-state index in [-0.39, 0.29) is 11.7 Å². The van der Waals surface area contributed by atoms with Crippen LogP contribution in [0.1, 0.15) is 6.92 Å². The van der Waals surface area contributed by atoms with E-state index in [0.717, 1.165) is 34.8 Å². The Labute approximate surface area is 154 Å². The Morgan fingerprint density at radius 3 is 2.64 bits per heavy atom. The van der Waals surface area contributed by atoms with Crippen LogP contribution in [-0.2, 0) is 4.79 Å². The van der Waals surface area contributed by atoms with E-state index in [1.165, 1.54) is 35.2 Å². The lowest BCUT2D eigenvalue weighted by molar-refractivity contribution is -0.128. The normalized spacial score (nSPS) is 14.6. The van der Waals surface area contributed by atoms with Crippen molar-refractivity contribution in [2.24, 2.45) is 0 Å². The first kappa shape index (κ1) is 17.9. The molecule has 1 aromatic heterocycles. The van der Waals surface area contributed by atoms with Crippen LogP contribution in [0.4, 0.5) is 15.2 Å². The highest BCUT2D eigenvalue weighted by atomic mass is 32.2. The number of aromatic nitrogens is 2. The number of anilines is 2. The standard InChI is InChI=1S/C16H20FN5OS2/c1-2-18-15-19-20-16(25-15)24-11-14(23)22-9-7-21(8-10-22)13-5-3-12(17)4-6-13/h3-6H,2,7-11H2,1H3,(H,18,19). The summed E-state index contributed by atoms with van der Waals surface area (Å²) in [4.78, 5) is 16.4. The average Bonchev–Trinajstić information content (AvgIpc) is 3.08. The zero-order valence-corrected chi connectivity index (χ0v) is 15.6. The Morgan fingerprint density at radius 2 is 1.96 bits per heavy atom. The molecule has 0 bridgehead atoms. The van der Waals surface area contributed by atoms with Crippen LogP contribution in [0.15, 0.2) is 28.6 Å². The number of hydrogen-bond donors (Lipinski definition) is 1. The highest BCUT2D eigenvalue weighted by Gasteiger charge is 2.21. The van der Waals surface area contributed by atoms with Gasteiger partial charge in [0, 0.05) is 38.4 Å². The zero-order valence-electron chi connectivity index (χ0n) is 13.9. The molecule has 9 heteroatoms. The summed E-state index contributed by atoms with van der Waals surface area (Å²) in [6.07, 6.45) is 0. The molecule has 2 heterocycles. The summed E-state index contributed by atoms with van der Waals surface area (Å²) >= 11 is 2.89. The molecule has 1 N–H and O–H groups in total. The van der Waals surface area contributed by atoms with Crippen molar-refractivity contribution in [3.05, 3.63) is 30.1 Å². The van der Waals surface area contributed by atoms with E-state index < -0.39 is 0 Å². The molecule has 1 saturated heterocycles. The number of nitrogens with zero attached hydrogens (tertiary/aromatic N) is 4. The van der Waals surface area contributed by atoms with Gasteiger partial charge in [0.2, 0.25) is 11.0 Å². The van der Waals surface area contributed by atoms with E-state index in [2.05, 4.69) is 20.4 Å². The van der Waals surface area contributed by atoms with Gasteiger partial charge < -0.3 is 15.1 Å². The van der Waals surface area contributed by atoms with E-state index >= 15 is 0 Å². The van der Waals surface area contributed by atoms with E-state index in [0.29, 0.717) is 18.8 Å². The fraction of sp³-hybridized carbons (Fsp3) is 0.438. The van der Waals surface area contributed by atoms with Gasteiger partial charge in [-0.15, -0.1) is 10.2 Å². The van der Waals surface area contributed by atoms with Gasteiger partial charge in [0.15, 0.2) is 4.34 Å². The minimum absolute atomic E-state index is 0.115. The fourth-order valence-electron chi connectivity index (χ4n) is 2.57. The number of rotatable bonds is 6. The Morgan fingerprint density at radius 1 is 1.24 bits per heavy atom. The second-order valence-corrected chi connectivity index (χ2v) is 7.74. The highest BCUT2D eigenvalue weighted by Crippen LogP contribution is 2.25. The van der Waals surface area contributed by atoms with E-state index in [1.807, 2.05) is 11.8 Å². The molecule has 0 saturated carbocycles. The number of hydrogen-bond acceptors (Lipinski definition) is 7. The Kier molecular flexibility index (Phi) is 6.09. The summed E-state index contributed by atoms with van der Waals surface area (Å²) < 4.78 is 13.8. The van der Waals surface area contributed by atoms with Crippen molar-refractivity contribution in [3.8, 4) is 0 Å². The van der Waals surface area contributed by atoms with Crippen molar-refractivity contribution in [2.75, 3.05) is 48.7 Å². The highest BCUT2D eigenvalue weighted by molar-refractivity contribution is 8.01. The smallest absolute Gasteiger partial charge is 0.233 e. The lowest BCUT2D eigenvalue weighted by Gasteiger charge is -2.36. The number of carbonyl (C=O) groups excluding carboxylic acids is 1. The maximum absolute atomic E-state index is 13.0. The van der Waals surface area contributed by atoms with Gasteiger partial charge in [0.05, 0.1) is 5.75 Å².